The summed E-state index contributed by atoms with van der Waals surface area (Å²) in [5, 5.41) is 8.52. The fourth-order valence-corrected chi connectivity index (χ4v) is 2.10. The van der Waals surface area contributed by atoms with E-state index in [9.17, 15) is 9.59 Å². The lowest BCUT2D eigenvalue weighted by Gasteiger charge is -2.12. The summed E-state index contributed by atoms with van der Waals surface area (Å²) in [5.74, 6) is 0.272. The predicted octanol–water partition coefficient (Wildman–Crippen LogP) is 3.26. The zero-order valence-corrected chi connectivity index (χ0v) is 14.0. The lowest BCUT2D eigenvalue weighted by atomic mass is 10.2. The van der Waals surface area contributed by atoms with E-state index in [1.54, 1.807) is 42.5 Å². The number of amides is 2. The second-order valence-corrected chi connectivity index (χ2v) is 5.26. The van der Waals surface area contributed by atoms with Gasteiger partial charge in [-0.25, -0.2) is 0 Å². The molecule has 0 atom stereocenters. The molecule has 0 bridgehead atoms. The van der Waals surface area contributed by atoms with Gasteiger partial charge in [0.25, 0.3) is 0 Å². The monoisotopic (exact) mass is 339 g/mol. The van der Waals surface area contributed by atoms with E-state index in [0.717, 1.165) is 5.69 Å². The second kappa shape index (κ2) is 9.12. The number of nitrogens with one attached hydrogen (secondary N) is 3. The van der Waals surface area contributed by atoms with Crippen molar-refractivity contribution in [1.29, 1.82) is 0 Å². The van der Waals surface area contributed by atoms with Gasteiger partial charge in [0.15, 0.2) is 0 Å². The molecule has 0 aliphatic heterocycles. The van der Waals surface area contributed by atoms with E-state index in [-0.39, 0.29) is 18.4 Å². The molecule has 3 N–H and O–H groups in total. The molecule has 2 rings (SSSR count). The van der Waals surface area contributed by atoms with Crippen LogP contribution in [0.3, 0.4) is 0 Å². The van der Waals surface area contributed by atoms with Crippen molar-refractivity contribution < 1.29 is 14.3 Å². The van der Waals surface area contributed by atoms with Crippen LogP contribution in [-0.2, 0) is 9.59 Å². The van der Waals surface area contributed by atoms with Gasteiger partial charge in [0.2, 0.25) is 11.8 Å². The lowest BCUT2D eigenvalue weighted by molar-refractivity contribution is -0.115. The van der Waals surface area contributed by atoms with Crippen LogP contribution >= 0.6 is 0 Å². The van der Waals surface area contributed by atoms with E-state index >= 15 is 0 Å². The van der Waals surface area contributed by atoms with Gasteiger partial charge >= 0.3 is 0 Å². The molecule has 2 amide bonds. The summed E-state index contributed by atoms with van der Waals surface area (Å²) >= 11 is 0. The third kappa shape index (κ3) is 6.02. The van der Waals surface area contributed by atoms with Crippen LogP contribution in [0.2, 0.25) is 0 Å². The van der Waals surface area contributed by atoms with Crippen molar-refractivity contribution >= 4 is 28.9 Å². The minimum Gasteiger partial charge on any atom is -0.487 e. The van der Waals surface area contributed by atoms with Gasteiger partial charge in [0, 0.05) is 18.3 Å². The number of rotatable bonds is 8. The molecule has 0 radical (unpaired) electrons. The first-order valence-electron chi connectivity index (χ1n) is 7.82. The third-order valence-corrected chi connectivity index (χ3v) is 3.18. The highest BCUT2D eigenvalue weighted by Gasteiger charge is 2.07. The van der Waals surface area contributed by atoms with Gasteiger partial charge in [-0.3, -0.25) is 9.59 Å². The Balaban J connectivity index is 1.88. The van der Waals surface area contributed by atoms with E-state index in [0.29, 0.717) is 23.7 Å². The molecule has 0 fully saturated rings. The fourth-order valence-electron chi connectivity index (χ4n) is 2.10. The largest absolute Gasteiger partial charge is 0.487 e. The molecule has 0 unspecified atom stereocenters. The van der Waals surface area contributed by atoms with Crippen molar-refractivity contribution in [3.8, 4) is 5.75 Å². The highest BCUT2D eigenvalue weighted by Crippen LogP contribution is 2.23. The molecule has 0 spiro atoms. The van der Waals surface area contributed by atoms with Crippen LogP contribution in [0, 0.1) is 0 Å². The minimum atomic E-state index is -0.194. The summed E-state index contributed by atoms with van der Waals surface area (Å²) in [7, 11) is 0. The van der Waals surface area contributed by atoms with Crippen molar-refractivity contribution in [2.75, 3.05) is 29.1 Å². The number of para-hydroxylation sites is 2. The number of carbonyl (C=O) groups excluding carboxylic acids is 2. The van der Waals surface area contributed by atoms with Crippen LogP contribution in [0.4, 0.5) is 17.1 Å². The Labute approximate surface area is 146 Å². The number of anilines is 3. The molecule has 0 saturated heterocycles. The molecule has 0 aliphatic carbocycles. The Morgan fingerprint density at radius 2 is 1.72 bits per heavy atom. The number of ether oxygens (including phenoxy) is 1. The summed E-state index contributed by atoms with van der Waals surface area (Å²) in [6.45, 7) is 5.53. The molecular weight excluding hydrogens is 318 g/mol. The van der Waals surface area contributed by atoms with E-state index in [1.165, 1.54) is 6.92 Å². The van der Waals surface area contributed by atoms with Gasteiger partial charge in [-0.05, 0) is 36.4 Å². The normalized spacial score (nSPS) is 9.80. The van der Waals surface area contributed by atoms with Gasteiger partial charge < -0.3 is 20.7 Å². The van der Waals surface area contributed by atoms with Crippen LogP contribution in [-0.4, -0.2) is 25.0 Å². The first-order valence-corrected chi connectivity index (χ1v) is 7.82. The fraction of sp³-hybridized carbons (Fsp3) is 0.158. The second-order valence-electron chi connectivity index (χ2n) is 5.26. The van der Waals surface area contributed by atoms with Crippen LogP contribution in [0.15, 0.2) is 61.2 Å². The van der Waals surface area contributed by atoms with Crippen LogP contribution in [0.5, 0.6) is 5.75 Å². The Bertz CT molecular complexity index is 742. The van der Waals surface area contributed by atoms with E-state index in [4.69, 9.17) is 4.74 Å². The average Bonchev–Trinajstić information content (AvgIpc) is 2.60. The van der Waals surface area contributed by atoms with Crippen molar-refractivity contribution in [3.63, 3.8) is 0 Å². The molecule has 2 aromatic carbocycles. The molecule has 6 heteroatoms. The Morgan fingerprint density at radius 3 is 2.40 bits per heavy atom. The number of carbonyl (C=O) groups is 2. The summed E-state index contributed by atoms with van der Waals surface area (Å²) in [5.41, 5.74) is 2.09. The maximum absolute atomic E-state index is 12.1. The zero-order chi connectivity index (χ0) is 18.1. The van der Waals surface area contributed by atoms with Gasteiger partial charge in [0.05, 0.1) is 12.2 Å². The maximum Gasteiger partial charge on any atom is 0.243 e. The van der Waals surface area contributed by atoms with E-state index in [1.807, 2.05) is 12.1 Å². The van der Waals surface area contributed by atoms with Crippen LogP contribution < -0.4 is 20.7 Å². The molecule has 0 aliphatic rings. The van der Waals surface area contributed by atoms with Crippen molar-refractivity contribution in [2.45, 2.75) is 6.92 Å². The van der Waals surface area contributed by atoms with Gasteiger partial charge in [0.1, 0.15) is 12.4 Å². The molecule has 0 aromatic heterocycles. The molecule has 0 heterocycles. The molecule has 25 heavy (non-hydrogen) atoms. The third-order valence-electron chi connectivity index (χ3n) is 3.18. The number of benzene rings is 2. The smallest absolute Gasteiger partial charge is 0.243 e. The molecular formula is C19H21N3O3. The summed E-state index contributed by atoms with van der Waals surface area (Å²) in [4.78, 5) is 23.1. The topological polar surface area (TPSA) is 79.5 Å². The number of hydrogen-bond donors (Lipinski definition) is 3. The highest BCUT2D eigenvalue weighted by atomic mass is 16.5. The quantitative estimate of drug-likeness (QED) is 0.645. The summed E-state index contributed by atoms with van der Waals surface area (Å²) in [6.07, 6.45) is 1.64. The number of hydrogen-bond acceptors (Lipinski definition) is 4. The maximum atomic E-state index is 12.1. The molecule has 2 aromatic rings. The summed E-state index contributed by atoms with van der Waals surface area (Å²) in [6, 6.07) is 14.3. The lowest BCUT2D eigenvalue weighted by Crippen LogP contribution is -2.22. The van der Waals surface area contributed by atoms with Gasteiger partial charge in [-0.2, -0.15) is 0 Å². The van der Waals surface area contributed by atoms with Crippen molar-refractivity contribution in [2.24, 2.45) is 0 Å². The Hall–Kier alpha value is -3.28. The first kappa shape index (κ1) is 18.1. The van der Waals surface area contributed by atoms with E-state index in [2.05, 4.69) is 22.5 Å². The standard InChI is InChI=1S/C19H21N3O3/c1-3-12-25-18-7-5-4-6-17(18)22-19(24)13-20-15-8-10-16(11-9-15)21-14(2)23/h3-11,20H,1,12-13H2,2H3,(H,21,23)(H,22,24). The van der Waals surface area contributed by atoms with Crippen molar-refractivity contribution in [1.82, 2.24) is 0 Å². The van der Waals surface area contributed by atoms with Gasteiger partial charge in [-0.1, -0.05) is 24.8 Å². The highest BCUT2D eigenvalue weighted by molar-refractivity contribution is 5.95. The van der Waals surface area contributed by atoms with Crippen LogP contribution in [0.25, 0.3) is 0 Å². The van der Waals surface area contributed by atoms with Gasteiger partial charge in [-0.15, -0.1) is 0 Å². The summed E-state index contributed by atoms with van der Waals surface area (Å²) < 4.78 is 5.51. The SMILES string of the molecule is C=CCOc1ccccc1NC(=O)CNc1ccc(NC(C)=O)cc1. The first-order chi connectivity index (χ1) is 12.1. The average molecular weight is 339 g/mol. The molecule has 130 valence electrons. The van der Waals surface area contributed by atoms with Crippen LogP contribution in [0.1, 0.15) is 6.92 Å². The minimum absolute atomic E-state index is 0.106. The zero-order valence-electron chi connectivity index (χ0n) is 14.0. The van der Waals surface area contributed by atoms with E-state index < -0.39 is 0 Å². The predicted molar refractivity (Wildman–Crippen MR) is 100.0 cm³/mol. The molecule has 6 nitrogen and oxygen atoms in total. The molecule has 0 saturated carbocycles. The van der Waals surface area contributed by atoms with Crippen molar-refractivity contribution in [3.05, 3.63) is 61.2 Å². The Kier molecular flexibility index (Phi) is 6.59. The Morgan fingerprint density at radius 1 is 1.04 bits per heavy atom.